The molecule has 1 aliphatic rings. The first-order valence-corrected chi connectivity index (χ1v) is 12.1. The zero-order chi connectivity index (χ0) is 23.3. The number of hydrogen-bond donors (Lipinski definition) is 1. The van der Waals surface area contributed by atoms with Crippen LogP contribution in [0.5, 0.6) is 0 Å². The molecule has 2 atom stereocenters. The summed E-state index contributed by atoms with van der Waals surface area (Å²) in [5, 5.41) is 7.52. The maximum atomic E-state index is 12.0. The Morgan fingerprint density at radius 2 is 1.66 bits per heavy atom. The van der Waals surface area contributed by atoms with Crippen molar-refractivity contribution in [2.24, 2.45) is 5.41 Å². The molecule has 0 aromatic carbocycles. The molecule has 0 saturated carbocycles. The molecule has 0 aliphatic carbocycles. The molecule has 1 fully saturated rings. The van der Waals surface area contributed by atoms with Crippen molar-refractivity contribution in [3.05, 3.63) is 0 Å². The van der Waals surface area contributed by atoms with Gasteiger partial charge in [-0.05, 0) is 6.42 Å². The number of aliphatic hydroxyl groups is 1. The largest absolute Gasteiger partial charge is 1.00 e. The number of hydrogen-bond acceptors (Lipinski definition) is 10. The number of carbonyl (C=O) groups is 3. The minimum atomic E-state index is -5.13. The quantitative estimate of drug-likeness (QED) is 0.102. The number of ether oxygens (including phenoxy) is 3. The second-order valence-corrected chi connectivity index (χ2v) is 9.55. The van der Waals surface area contributed by atoms with Gasteiger partial charge >= 0.3 is 69.3 Å². The first-order chi connectivity index (χ1) is 14.6. The number of esters is 3. The van der Waals surface area contributed by atoms with Crippen molar-refractivity contribution in [3.63, 3.8) is 0 Å². The van der Waals surface area contributed by atoms with Crippen molar-refractivity contribution < 1.29 is 98.1 Å². The second-order valence-electron chi connectivity index (χ2n) is 8.00. The van der Waals surface area contributed by atoms with E-state index in [9.17, 15) is 32.5 Å². The van der Waals surface area contributed by atoms with E-state index in [-0.39, 0.29) is 57.8 Å². The Balaban J connectivity index is 0.00000961. The first kappa shape index (κ1) is 31.9. The summed E-state index contributed by atoms with van der Waals surface area (Å²) >= 11 is 0. The smallest absolute Gasteiger partial charge is 0.747 e. The van der Waals surface area contributed by atoms with E-state index in [0.717, 1.165) is 19.3 Å². The Kier molecular flexibility index (Phi) is 16.5. The Morgan fingerprint density at radius 3 is 2.22 bits per heavy atom. The van der Waals surface area contributed by atoms with Crippen molar-refractivity contribution in [2.45, 2.75) is 76.4 Å². The summed E-state index contributed by atoms with van der Waals surface area (Å²) in [7, 11) is -5.13. The summed E-state index contributed by atoms with van der Waals surface area (Å²) in [6, 6.07) is 0. The number of aliphatic hydroxyl groups excluding tert-OH is 1. The van der Waals surface area contributed by atoms with Crippen LogP contribution in [0.2, 0.25) is 0 Å². The average Bonchev–Trinajstić information content (AvgIpc) is 2.78. The van der Waals surface area contributed by atoms with Gasteiger partial charge < -0.3 is 23.9 Å². The van der Waals surface area contributed by atoms with E-state index in [4.69, 9.17) is 14.2 Å². The molecule has 10 nitrogen and oxygen atoms in total. The normalized spacial score (nSPS) is 21.9. The van der Waals surface area contributed by atoms with Gasteiger partial charge in [-0.1, -0.05) is 51.9 Å². The first-order valence-electron chi connectivity index (χ1n) is 10.7. The van der Waals surface area contributed by atoms with E-state index < -0.39 is 71.5 Å². The van der Waals surface area contributed by atoms with Gasteiger partial charge in [-0.25, -0.2) is 8.42 Å². The predicted molar refractivity (Wildman–Crippen MR) is 108 cm³/mol. The van der Waals surface area contributed by atoms with Gasteiger partial charge in [0, 0.05) is 6.42 Å². The van der Waals surface area contributed by atoms with E-state index in [0.29, 0.717) is 6.42 Å². The Labute approximate surface area is 232 Å². The Hall–Kier alpha value is -0.0836. The molecule has 32 heavy (non-hydrogen) atoms. The van der Waals surface area contributed by atoms with Crippen LogP contribution in [0.15, 0.2) is 0 Å². The summed E-state index contributed by atoms with van der Waals surface area (Å²) in [5.41, 5.74) is -1.44. The monoisotopic (exact) mass is 504 g/mol. The molecule has 0 bridgehead atoms. The molecule has 0 radical (unpaired) electrons. The molecule has 1 heterocycles. The van der Waals surface area contributed by atoms with E-state index in [2.05, 4.69) is 6.92 Å². The molecule has 1 aliphatic heterocycles. The van der Waals surface area contributed by atoms with Crippen LogP contribution in [0.1, 0.15) is 71.1 Å². The maximum Gasteiger partial charge on any atom is 1.00 e. The molecular formula is C20H33KO10S. The van der Waals surface area contributed by atoms with Crippen LogP contribution in [-0.2, 0) is 38.7 Å². The zero-order valence-corrected chi connectivity index (χ0v) is 22.9. The molecule has 0 spiro atoms. The third-order valence-corrected chi connectivity index (χ3v) is 6.19. The SMILES string of the molecule is CCCCCCCCCCC(=O)OCC1(CO)COC(=O)CC(S(=O)(=O)[O-])C(=O)OC1.[K+]. The van der Waals surface area contributed by atoms with Crippen molar-refractivity contribution in [3.8, 4) is 0 Å². The molecule has 1 N–H and O–H groups in total. The number of cyclic esters (lactones) is 2. The molecule has 1 rings (SSSR count). The van der Waals surface area contributed by atoms with Crippen molar-refractivity contribution in [2.75, 3.05) is 26.4 Å². The minimum absolute atomic E-state index is 0. The van der Waals surface area contributed by atoms with Crippen LogP contribution in [0.3, 0.4) is 0 Å². The topological polar surface area (TPSA) is 156 Å². The summed E-state index contributed by atoms with van der Waals surface area (Å²) in [5.74, 6) is -3.01. The van der Waals surface area contributed by atoms with E-state index in [1.165, 1.54) is 25.7 Å². The van der Waals surface area contributed by atoms with Crippen molar-refractivity contribution in [1.82, 2.24) is 0 Å². The van der Waals surface area contributed by atoms with Crippen LogP contribution < -0.4 is 51.4 Å². The Bertz CT molecular complexity index is 696. The number of unbranched alkanes of at least 4 members (excludes halogenated alkanes) is 7. The van der Waals surface area contributed by atoms with E-state index >= 15 is 0 Å². The summed E-state index contributed by atoms with van der Waals surface area (Å²) in [4.78, 5) is 35.7. The maximum absolute atomic E-state index is 12.0. The molecular weight excluding hydrogens is 471 g/mol. The zero-order valence-electron chi connectivity index (χ0n) is 19.0. The number of carbonyl (C=O) groups excluding carboxylic acids is 3. The van der Waals surface area contributed by atoms with E-state index in [1.54, 1.807) is 0 Å². The van der Waals surface area contributed by atoms with Crippen LogP contribution in [0.4, 0.5) is 0 Å². The van der Waals surface area contributed by atoms with Crippen LogP contribution in [-0.4, -0.2) is 67.7 Å². The van der Waals surface area contributed by atoms with E-state index in [1.807, 2.05) is 0 Å². The van der Waals surface area contributed by atoms with Gasteiger partial charge in [0.15, 0.2) is 5.25 Å². The fraction of sp³-hybridized carbons (Fsp3) is 0.850. The van der Waals surface area contributed by atoms with Gasteiger partial charge in [-0.15, -0.1) is 0 Å². The summed E-state index contributed by atoms with van der Waals surface area (Å²) in [6.45, 7) is 0.0630. The molecule has 2 unspecified atom stereocenters. The molecule has 0 amide bonds. The summed E-state index contributed by atoms with van der Waals surface area (Å²) in [6.07, 6.45) is 7.75. The van der Waals surface area contributed by atoms with Crippen molar-refractivity contribution >= 4 is 28.0 Å². The molecule has 12 heteroatoms. The predicted octanol–water partition coefficient (Wildman–Crippen LogP) is -1.55. The second kappa shape index (κ2) is 16.5. The molecule has 0 aromatic heterocycles. The minimum Gasteiger partial charge on any atom is -0.747 e. The van der Waals surface area contributed by atoms with Crippen molar-refractivity contribution in [1.29, 1.82) is 0 Å². The number of rotatable bonds is 13. The summed E-state index contributed by atoms with van der Waals surface area (Å²) < 4.78 is 48.5. The van der Waals surface area contributed by atoms with Gasteiger partial charge in [0.25, 0.3) is 0 Å². The molecule has 180 valence electrons. The van der Waals surface area contributed by atoms with Gasteiger partial charge in [0.2, 0.25) is 0 Å². The average molecular weight is 505 g/mol. The van der Waals surface area contributed by atoms with Gasteiger partial charge in [-0.2, -0.15) is 0 Å². The molecule has 1 saturated heterocycles. The van der Waals surface area contributed by atoms with Crippen LogP contribution in [0.25, 0.3) is 0 Å². The third kappa shape index (κ3) is 12.4. The van der Waals surface area contributed by atoms with Gasteiger partial charge in [-0.3, -0.25) is 14.4 Å². The Morgan fingerprint density at radius 1 is 1.09 bits per heavy atom. The van der Waals surface area contributed by atoms with Gasteiger partial charge in [0.05, 0.1) is 18.4 Å². The fourth-order valence-corrected chi connectivity index (χ4v) is 3.68. The van der Waals surface area contributed by atoms with Gasteiger partial charge in [0.1, 0.15) is 29.9 Å². The van der Waals surface area contributed by atoms with Crippen LogP contribution >= 0.6 is 0 Å². The third-order valence-electron chi connectivity index (χ3n) is 5.13. The molecule has 0 aromatic rings. The van der Waals surface area contributed by atoms with Crippen LogP contribution in [0, 0.1) is 5.41 Å². The fourth-order valence-electron chi connectivity index (χ4n) is 3.04. The standard InChI is InChI=1S/C20H34O10S.K/c1-2-3-4-5-6-7-8-9-10-17(22)28-13-20(12-21)14-29-18(23)11-16(31(25,26)27)19(24)30-15-20;/h16,21H,2-15H2,1H3,(H,25,26,27);/q;+1/p-1.